The zero-order valence-corrected chi connectivity index (χ0v) is 14.2. The molecule has 1 heterocycles. The van der Waals surface area contributed by atoms with Gasteiger partial charge in [0.1, 0.15) is 4.90 Å². The van der Waals surface area contributed by atoms with Crippen LogP contribution in [0.5, 0.6) is 0 Å². The Balaban J connectivity index is 2.26. The van der Waals surface area contributed by atoms with Crippen molar-refractivity contribution in [3.05, 3.63) is 28.8 Å². The predicted molar refractivity (Wildman–Crippen MR) is 86.0 cm³/mol. The van der Waals surface area contributed by atoms with Gasteiger partial charge in [0.2, 0.25) is 10.0 Å². The van der Waals surface area contributed by atoms with Gasteiger partial charge in [-0.25, -0.2) is 8.42 Å². The SMILES string of the molecule is CCNCc1ccc(Cl)c(S(=O)(=O)N2CCC(C)CC2)c1. The summed E-state index contributed by atoms with van der Waals surface area (Å²) in [4.78, 5) is 0.231. The van der Waals surface area contributed by atoms with Crippen LogP contribution in [0.15, 0.2) is 23.1 Å². The molecular formula is C15H23ClN2O2S. The zero-order valence-electron chi connectivity index (χ0n) is 12.6. The molecule has 1 saturated heterocycles. The third kappa shape index (κ3) is 3.97. The van der Waals surface area contributed by atoms with Gasteiger partial charge in [0.05, 0.1) is 5.02 Å². The molecule has 0 aliphatic carbocycles. The summed E-state index contributed by atoms with van der Waals surface area (Å²) >= 11 is 6.14. The minimum Gasteiger partial charge on any atom is -0.313 e. The second-order valence-corrected chi connectivity index (χ2v) is 7.95. The van der Waals surface area contributed by atoms with Crippen molar-refractivity contribution in [2.75, 3.05) is 19.6 Å². The third-order valence-electron chi connectivity index (χ3n) is 3.94. The van der Waals surface area contributed by atoms with E-state index in [9.17, 15) is 8.42 Å². The monoisotopic (exact) mass is 330 g/mol. The lowest BCUT2D eigenvalue weighted by atomic mass is 10.0. The number of nitrogens with zero attached hydrogens (tertiary/aromatic N) is 1. The van der Waals surface area contributed by atoms with Crippen molar-refractivity contribution in [3.63, 3.8) is 0 Å². The average molecular weight is 331 g/mol. The fraction of sp³-hybridized carbons (Fsp3) is 0.600. The molecule has 1 N–H and O–H groups in total. The van der Waals surface area contributed by atoms with Gasteiger partial charge in [0.15, 0.2) is 0 Å². The number of halogens is 1. The van der Waals surface area contributed by atoms with Crippen LogP contribution in [0.25, 0.3) is 0 Å². The number of hydrogen-bond acceptors (Lipinski definition) is 3. The van der Waals surface area contributed by atoms with Crippen molar-refractivity contribution in [2.45, 2.75) is 38.1 Å². The molecule has 4 nitrogen and oxygen atoms in total. The van der Waals surface area contributed by atoms with Crippen molar-refractivity contribution in [2.24, 2.45) is 5.92 Å². The first kappa shape index (κ1) is 16.7. The highest BCUT2D eigenvalue weighted by molar-refractivity contribution is 7.89. The smallest absolute Gasteiger partial charge is 0.244 e. The van der Waals surface area contributed by atoms with Gasteiger partial charge in [-0.15, -0.1) is 0 Å². The third-order valence-corrected chi connectivity index (χ3v) is 6.32. The van der Waals surface area contributed by atoms with Gasteiger partial charge in [-0.05, 0) is 43.0 Å². The average Bonchev–Trinajstić information content (AvgIpc) is 2.46. The van der Waals surface area contributed by atoms with Crippen molar-refractivity contribution < 1.29 is 8.42 Å². The first-order valence-corrected chi connectivity index (χ1v) is 9.26. The van der Waals surface area contributed by atoms with Gasteiger partial charge in [-0.2, -0.15) is 4.31 Å². The summed E-state index contributed by atoms with van der Waals surface area (Å²) in [6.45, 7) is 6.83. The first-order valence-electron chi connectivity index (χ1n) is 7.44. The van der Waals surface area contributed by atoms with Gasteiger partial charge >= 0.3 is 0 Å². The number of nitrogens with one attached hydrogen (secondary N) is 1. The molecule has 1 aromatic carbocycles. The summed E-state index contributed by atoms with van der Waals surface area (Å²) in [6, 6.07) is 5.23. The fourth-order valence-corrected chi connectivity index (χ4v) is 4.48. The second kappa shape index (κ2) is 7.09. The molecule has 0 amide bonds. The molecule has 1 aromatic rings. The summed E-state index contributed by atoms with van der Waals surface area (Å²) in [5.41, 5.74) is 0.935. The molecule has 21 heavy (non-hydrogen) atoms. The highest BCUT2D eigenvalue weighted by Crippen LogP contribution is 2.28. The molecule has 0 bridgehead atoms. The Labute approximate surface area is 132 Å². The molecule has 0 atom stereocenters. The maximum Gasteiger partial charge on any atom is 0.244 e. The Morgan fingerprint density at radius 1 is 1.33 bits per heavy atom. The first-order chi connectivity index (χ1) is 9.95. The van der Waals surface area contributed by atoms with E-state index in [1.54, 1.807) is 16.4 Å². The van der Waals surface area contributed by atoms with Gasteiger partial charge in [-0.3, -0.25) is 0 Å². The number of benzene rings is 1. The molecule has 0 aromatic heterocycles. The van der Waals surface area contributed by atoms with E-state index in [-0.39, 0.29) is 4.90 Å². The fourth-order valence-electron chi connectivity index (χ4n) is 2.49. The van der Waals surface area contributed by atoms with Crippen LogP contribution in [0.2, 0.25) is 5.02 Å². The molecule has 1 fully saturated rings. The lowest BCUT2D eigenvalue weighted by molar-refractivity contribution is 0.288. The second-order valence-electron chi connectivity index (χ2n) is 5.63. The molecule has 6 heteroatoms. The number of hydrogen-bond donors (Lipinski definition) is 1. The lowest BCUT2D eigenvalue weighted by Crippen LogP contribution is -2.38. The predicted octanol–water partition coefficient (Wildman–Crippen LogP) is 2.87. The summed E-state index contributed by atoms with van der Waals surface area (Å²) in [6.07, 6.45) is 1.82. The normalized spacial score (nSPS) is 18.0. The Morgan fingerprint density at radius 3 is 2.62 bits per heavy atom. The van der Waals surface area contributed by atoms with Crippen LogP contribution in [0.4, 0.5) is 0 Å². The molecule has 2 rings (SSSR count). The summed E-state index contributed by atoms with van der Waals surface area (Å²) in [5, 5.41) is 3.50. The highest BCUT2D eigenvalue weighted by Gasteiger charge is 2.29. The van der Waals surface area contributed by atoms with Crippen LogP contribution < -0.4 is 5.32 Å². The van der Waals surface area contributed by atoms with E-state index in [4.69, 9.17) is 11.6 Å². The van der Waals surface area contributed by atoms with Gasteiger partial charge in [0.25, 0.3) is 0 Å². The topological polar surface area (TPSA) is 49.4 Å². The molecule has 0 spiro atoms. The molecule has 0 radical (unpaired) electrons. The van der Waals surface area contributed by atoms with E-state index < -0.39 is 10.0 Å². The largest absolute Gasteiger partial charge is 0.313 e. The summed E-state index contributed by atoms with van der Waals surface area (Å²) < 4.78 is 27.1. The number of piperidine rings is 1. The van der Waals surface area contributed by atoms with Gasteiger partial charge < -0.3 is 5.32 Å². The minimum atomic E-state index is -3.49. The Kier molecular flexibility index (Phi) is 5.66. The van der Waals surface area contributed by atoms with Crippen LogP contribution in [0.1, 0.15) is 32.3 Å². The Hall–Kier alpha value is -0.620. The molecule has 118 valence electrons. The molecule has 0 unspecified atom stereocenters. The Bertz CT molecular complexity index is 581. The van der Waals surface area contributed by atoms with Crippen molar-refractivity contribution >= 4 is 21.6 Å². The summed E-state index contributed by atoms with van der Waals surface area (Å²) in [7, 11) is -3.49. The maximum absolute atomic E-state index is 12.8. The van der Waals surface area contributed by atoms with E-state index in [0.29, 0.717) is 30.6 Å². The lowest BCUT2D eigenvalue weighted by Gasteiger charge is -2.29. The van der Waals surface area contributed by atoms with E-state index in [0.717, 1.165) is 24.9 Å². The van der Waals surface area contributed by atoms with Crippen molar-refractivity contribution in [1.29, 1.82) is 0 Å². The van der Waals surface area contributed by atoms with E-state index in [1.807, 2.05) is 13.0 Å². The van der Waals surface area contributed by atoms with Crippen molar-refractivity contribution in [3.8, 4) is 0 Å². The summed E-state index contributed by atoms with van der Waals surface area (Å²) in [5.74, 6) is 0.590. The van der Waals surface area contributed by atoms with Crippen LogP contribution in [-0.2, 0) is 16.6 Å². The number of sulfonamides is 1. The van der Waals surface area contributed by atoms with Gasteiger partial charge in [-0.1, -0.05) is 31.5 Å². The van der Waals surface area contributed by atoms with Crippen LogP contribution in [0, 0.1) is 5.92 Å². The number of rotatable bonds is 5. The maximum atomic E-state index is 12.8. The molecule has 1 aliphatic rings. The molecule has 0 saturated carbocycles. The highest BCUT2D eigenvalue weighted by atomic mass is 35.5. The Morgan fingerprint density at radius 2 is 2.00 bits per heavy atom. The molecular weight excluding hydrogens is 308 g/mol. The minimum absolute atomic E-state index is 0.231. The quantitative estimate of drug-likeness (QED) is 0.903. The zero-order chi connectivity index (χ0) is 15.5. The van der Waals surface area contributed by atoms with E-state index in [1.165, 1.54) is 0 Å². The van der Waals surface area contributed by atoms with Gasteiger partial charge in [0, 0.05) is 19.6 Å². The molecule has 1 aliphatic heterocycles. The van der Waals surface area contributed by atoms with Crippen LogP contribution in [-0.4, -0.2) is 32.4 Å². The van der Waals surface area contributed by atoms with Crippen LogP contribution >= 0.6 is 11.6 Å². The van der Waals surface area contributed by atoms with Crippen molar-refractivity contribution in [1.82, 2.24) is 9.62 Å². The van der Waals surface area contributed by atoms with E-state index in [2.05, 4.69) is 12.2 Å². The van der Waals surface area contributed by atoms with Crippen LogP contribution in [0.3, 0.4) is 0 Å². The van der Waals surface area contributed by atoms with E-state index >= 15 is 0 Å². The standard InChI is InChI=1S/C15H23ClN2O2S/c1-3-17-11-13-4-5-14(16)15(10-13)21(19,20)18-8-6-12(2)7-9-18/h4-5,10,12,17H,3,6-9,11H2,1-2H3.